The predicted molar refractivity (Wildman–Crippen MR) is 247 cm³/mol. The van der Waals surface area contributed by atoms with Gasteiger partial charge >= 0.3 is 0 Å². The molecule has 346 valence electrons. The van der Waals surface area contributed by atoms with Crippen LogP contribution in [0.1, 0.15) is 245 Å². The van der Waals surface area contributed by atoms with Gasteiger partial charge in [0.2, 0.25) is 5.91 Å². The average Bonchev–Trinajstić information content (AvgIpc) is 3.17. The smallest absolute Gasteiger partial charge is 0.268 e. The number of carbonyl (C=O) groups is 1. The van der Waals surface area contributed by atoms with Crippen molar-refractivity contribution < 1.29 is 32.9 Å². The second kappa shape index (κ2) is 41.6. The van der Waals surface area contributed by atoms with Crippen molar-refractivity contribution in [2.45, 2.75) is 257 Å². The lowest BCUT2D eigenvalue weighted by Gasteiger charge is -2.29. The van der Waals surface area contributed by atoms with Crippen LogP contribution in [0.15, 0.2) is 12.2 Å². The Kier molecular flexibility index (Phi) is 41.0. The van der Waals surface area contributed by atoms with E-state index in [0.29, 0.717) is 17.4 Å². The summed E-state index contributed by atoms with van der Waals surface area (Å²) in [5.74, 6) is -0.192. The van der Waals surface area contributed by atoms with Crippen LogP contribution >= 0.6 is 7.82 Å². The van der Waals surface area contributed by atoms with Crippen molar-refractivity contribution in [3.63, 3.8) is 0 Å². The molecule has 0 aliphatic rings. The number of unbranched alkanes of at least 4 members (excludes halogenated alkanes) is 33. The van der Waals surface area contributed by atoms with Crippen LogP contribution in [0.5, 0.6) is 0 Å². The molecule has 0 aromatic heterocycles. The van der Waals surface area contributed by atoms with Gasteiger partial charge in [0, 0.05) is 6.42 Å². The SMILES string of the molecule is CCCCCCCCCCCCCCCCC/C=C/[C@@H](O)[C@H](COP(=O)([O-])OCC[N+](C)(C)C)NC(=O)CCCCCCCCCCCCCCCCCCCCC. The first-order chi connectivity index (χ1) is 28.0. The maximum absolute atomic E-state index is 12.9. The third-order valence-corrected chi connectivity index (χ3v) is 12.5. The third-order valence-electron chi connectivity index (χ3n) is 11.5. The number of carbonyl (C=O) groups excluding carboxylic acids is 1. The van der Waals surface area contributed by atoms with Crippen molar-refractivity contribution in [2.24, 2.45) is 0 Å². The molecule has 0 heterocycles. The fourth-order valence-electron chi connectivity index (χ4n) is 7.51. The molecule has 1 amide bonds. The Morgan fingerprint density at radius 1 is 0.586 bits per heavy atom. The minimum atomic E-state index is -4.59. The molecule has 2 N–H and O–H groups in total. The van der Waals surface area contributed by atoms with E-state index in [2.05, 4.69) is 19.2 Å². The van der Waals surface area contributed by atoms with Gasteiger partial charge in [0.05, 0.1) is 39.9 Å². The summed E-state index contributed by atoms with van der Waals surface area (Å²) in [7, 11) is 1.27. The van der Waals surface area contributed by atoms with E-state index in [1.807, 2.05) is 27.2 Å². The van der Waals surface area contributed by atoms with Gasteiger partial charge in [-0.15, -0.1) is 0 Å². The summed E-state index contributed by atoms with van der Waals surface area (Å²) in [6.45, 7) is 4.68. The molecule has 0 aromatic rings. The van der Waals surface area contributed by atoms with E-state index >= 15 is 0 Å². The van der Waals surface area contributed by atoms with Crippen LogP contribution in [-0.2, 0) is 18.4 Å². The Bertz CT molecular complexity index is 958. The molecule has 0 saturated carbocycles. The standard InChI is InChI=1S/C49H99N2O6P/c1-6-8-10-12-14-16-18-20-22-24-25-27-29-31-33-35-37-39-41-43-49(53)50-47(46-57-58(54,55)56-45-44-51(3,4)5)48(52)42-40-38-36-34-32-30-28-26-23-21-19-17-15-13-11-9-7-2/h40,42,47-48,52H,6-39,41,43-46H2,1-5H3,(H-,50,53,54,55)/b42-40+/t47-,48+/m0/s1. The number of amides is 1. The van der Waals surface area contributed by atoms with Crippen molar-refractivity contribution in [3.8, 4) is 0 Å². The fraction of sp³-hybridized carbons (Fsp3) is 0.939. The van der Waals surface area contributed by atoms with Crippen molar-refractivity contribution in [3.05, 3.63) is 12.2 Å². The number of nitrogens with one attached hydrogen (secondary N) is 1. The molecule has 0 bridgehead atoms. The number of quaternary nitrogens is 1. The number of phosphoric ester groups is 1. The largest absolute Gasteiger partial charge is 0.756 e. The first-order valence-electron chi connectivity index (χ1n) is 25.1. The monoisotopic (exact) mass is 843 g/mol. The van der Waals surface area contributed by atoms with Crippen LogP contribution in [0.25, 0.3) is 0 Å². The number of hydrogen-bond acceptors (Lipinski definition) is 6. The molecule has 0 aromatic carbocycles. The number of phosphoric acid groups is 1. The summed E-state index contributed by atoms with van der Waals surface area (Å²) in [6.07, 6.45) is 48.3. The Balaban J connectivity index is 4.30. The van der Waals surface area contributed by atoms with E-state index in [0.717, 1.165) is 38.5 Å². The topological polar surface area (TPSA) is 108 Å². The molecule has 0 spiro atoms. The summed E-state index contributed by atoms with van der Waals surface area (Å²) < 4.78 is 23.3. The summed E-state index contributed by atoms with van der Waals surface area (Å²) in [5.41, 5.74) is 0. The van der Waals surface area contributed by atoms with Gasteiger partial charge in [-0.05, 0) is 19.3 Å². The highest BCUT2D eigenvalue weighted by molar-refractivity contribution is 7.45. The minimum absolute atomic E-state index is 0.00240. The van der Waals surface area contributed by atoms with Gasteiger partial charge in [0.15, 0.2) is 0 Å². The second-order valence-electron chi connectivity index (χ2n) is 18.5. The first kappa shape index (κ1) is 57.2. The van der Waals surface area contributed by atoms with E-state index in [1.54, 1.807) is 6.08 Å². The lowest BCUT2D eigenvalue weighted by molar-refractivity contribution is -0.870. The third kappa shape index (κ3) is 43.3. The van der Waals surface area contributed by atoms with Crippen LogP contribution in [0.2, 0.25) is 0 Å². The molecule has 0 radical (unpaired) electrons. The summed E-state index contributed by atoms with van der Waals surface area (Å²) in [6, 6.07) is -0.880. The number of allylic oxidation sites excluding steroid dienone is 1. The Labute approximate surface area is 361 Å². The number of nitrogens with zero attached hydrogens (tertiary/aromatic N) is 1. The van der Waals surface area contributed by atoms with Crippen LogP contribution in [0, 0.1) is 0 Å². The molecular weight excluding hydrogens is 744 g/mol. The molecule has 58 heavy (non-hydrogen) atoms. The molecule has 9 heteroatoms. The van der Waals surface area contributed by atoms with Crippen molar-refractivity contribution in [1.82, 2.24) is 5.32 Å². The first-order valence-corrected chi connectivity index (χ1v) is 26.5. The Morgan fingerprint density at radius 3 is 1.29 bits per heavy atom. The van der Waals surface area contributed by atoms with Crippen molar-refractivity contribution in [1.29, 1.82) is 0 Å². The highest BCUT2D eigenvalue weighted by Crippen LogP contribution is 2.38. The molecule has 1 unspecified atom stereocenters. The van der Waals surface area contributed by atoms with Crippen LogP contribution in [-0.4, -0.2) is 68.5 Å². The van der Waals surface area contributed by atoms with Gasteiger partial charge in [0.1, 0.15) is 13.2 Å². The quantitative estimate of drug-likeness (QED) is 0.0273. The van der Waals surface area contributed by atoms with E-state index in [4.69, 9.17) is 9.05 Å². The van der Waals surface area contributed by atoms with E-state index in [9.17, 15) is 19.4 Å². The van der Waals surface area contributed by atoms with Gasteiger partial charge in [-0.25, -0.2) is 0 Å². The number of aliphatic hydroxyl groups excluding tert-OH is 1. The molecular formula is C49H99N2O6P. The lowest BCUT2D eigenvalue weighted by Crippen LogP contribution is -2.45. The predicted octanol–water partition coefficient (Wildman–Crippen LogP) is 13.7. The molecule has 8 nitrogen and oxygen atoms in total. The second-order valence-corrected chi connectivity index (χ2v) is 19.9. The zero-order chi connectivity index (χ0) is 42.8. The molecule has 3 atom stereocenters. The normalized spacial score (nSPS) is 14.3. The zero-order valence-corrected chi connectivity index (χ0v) is 40.2. The van der Waals surface area contributed by atoms with E-state index < -0.39 is 20.0 Å². The van der Waals surface area contributed by atoms with Crippen LogP contribution in [0.3, 0.4) is 0 Å². The Hall–Kier alpha value is -0.760. The molecule has 0 rings (SSSR count). The zero-order valence-electron chi connectivity index (χ0n) is 39.3. The summed E-state index contributed by atoms with van der Waals surface area (Å²) >= 11 is 0. The molecule has 0 aliphatic heterocycles. The van der Waals surface area contributed by atoms with Gasteiger partial charge in [-0.3, -0.25) is 9.36 Å². The molecule has 0 aliphatic carbocycles. The minimum Gasteiger partial charge on any atom is -0.756 e. The Morgan fingerprint density at radius 2 is 0.931 bits per heavy atom. The summed E-state index contributed by atoms with van der Waals surface area (Å²) in [5, 5.41) is 13.8. The van der Waals surface area contributed by atoms with Crippen LogP contribution in [0.4, 0.5) is 0 Å². The summed E-state index contributed by atoms with van der Waals surface area (Å²) in [4.78, 5) is 25.4. The van der Waals surface area contributed by atoms with Gasteiger partial charge in [-0.2, -0.15) is 0 Å². The van der Waals surface area contributed by atoms with E-state index in [-0.39, 0.29) is 19.1 Å². The van der Waals surface area contributed by atoms with Gasteiger partial charge in [0.25, 0.3) is 7.82 Å². The van der Waals surface area contributed by atoms with Crippen molar-refractivity contribution >= 4 is 13.7 Å². The van der Waals surface area contributed by atoms with Gasteiger partial charge in [-0.1, -0.05) is 231 Å². The van der Waals surface area contributed by atoms with Gasteiger partial charge < -0.3 is 28.8 Å². The lowest BCUT2D eigenvalue weighted by atomic mass is 10.0. The van der Waals surface area contributed by atoms with Crippen LogP contribution < -0.4 is 10.2 Å². The number of likely N-dealkylation sites (N-methyl/N-ethyl adjacent to an activating group) is 1. The number of rotatable bonds is 46. The average molecular weight is 843 g/mol. The fourth-order valence-corrected chi connectivity index (χ4v) is 8.23. The molecule has 0 saturated heterocycles. The number of hydrogen-bond donors (Lipinski definition) is 2. The molecule has 0 fully saturated rings. The van der Waals surface area contributed by atoms with Crippen molar-refractivity contribution in [2.75, 3.05) is 40.9 Å². The maximum Gasteiger partial charge on any atom is 0.268 e. The number of aliphatic hydroxyl groups is 1. The van der Waals surface area contributed by atoms with E-state index in [1.165, 1.54) is 186 Å². The highest BCUT2D eigenvalue weighted by Gasteiger charge is 2.23. The maximum atomic E-state index is 12.9. The highest BCUT2D eigenvalue weighted by atomic mass is 31.2.